The molecule has 0 unspecified atom stereocenters. The number of benzene rings is 1. The fraction of sp³-hybridized carbons (Fsp3) is 0.500. The number of hydrogen-bond acceptors (Lipinski definition) is 5. The Bertz CT molecular complexity index is 862. The molecule has 7 heteroatoms. The van der Waals surface area contributed by atoms with Crippen LogP contribution in [0.3, 0.4) is 0 Å². The highest BCUT2D eigenvalue weighted by atomic mass is 32.2. The zero-order valence-electron chi connectivity index (χ0n) is 15.8. The lowest BCUT2D eigenvalue weighted by Gasteiger charge is -2.32. The number of likely N-dealkylation sites (tertiary alicyclic amines) is 1. The van der Waals surface area contributed by atoms with Gasteiger partial charge < -0.3 is 9.42 Å². The molecule has 1 fully saturated rings. The number of amides is 1. The monoisotopic (exact) mass is 390 g/mol. The van der Waals surface area contributed by atoms with Gasteiger partial charge in [-0.2, -0.15) is 0 Å². The molecule has 0 saturated carbocycles. The van der Waals surface area contributed by atoms with Gasteiger partial charge in [-0.3, -0.25) is 4.79 Å². The Labute approximate surface area is 160 Å². The van der Waals surface area contributed by atoms with Crippen LogP contribution in [0.4, 0.5) is 0 Å². The largest absolute Gasteiger partial charge is 0.361 e. The van der Waals surface area contributed by atoms with Crippen LogP contribution in [-0.4, -0.2) is 42.7 Å². The summed E-state index contributed by atoms with van der Waals surface area (Å²) >= 11 is 0. The van der Waals surface area contributed by atoms with Gasteiger partial charge in [-0.1, -0.05) is 35.5 Å². The number of carbonyl (C=O) groups is 1. The first kappa shape index (κ1) is 19.6. The normalized spacial score (nSPS) is 15.9. The van der Waals surface area contributed by atoms with Crippen LogP contribution >= 0.6 is 0 Å². The van der Waals surface area contributed by atoms with Crippen molar-refractivity contribution in [2.24, 2.45) is 0 Å². The molecule has 6 nitrogen and oxygen atoms in total. The van der Waals surface area contributed by atoms with E-state index in [1.165, 1.54) is 0 Å². The number of nitrogens with zero attached hydrogens (tertiary/aromatic N) is 2. The van der Waals surface area contributed by atoms with Gasteiger partial charge in [0.2, 0.25) is 5.91 Å². The van der Waals surface area contributed by atoms with Gasteiger partial charge in [0.25, 0.3) is 0 Å². The van der Waals surface area contributed by atoms with E-state index in [9.17, 15) is 13.2 Å². The van der Waals surface area contributed by atoms with Crippen molar-refractivity contribution >= 4 is 15.7 Å². The molecule has 1 saturated heterocycles. The Balaban J connectivity index is 1.51. The molecule has 0 aliphatic carbocycles. The van der Waals surface area contributed by atoms with E-state index in [0.29, 0.717) is 38.8 Å². The first-order valence-corrected chi connectivity index (χ1v) is 11.0. The van der Waals surface area contributed by atoms with Crippen LogP contribution in [-0.2, 0) is 26.8 Å². The maximum absolute atomic E-state index is 12.7. The second-order valence-corrected chi connectivity index (χ2v) is 9.46. The summed E-state index contributed by atoms with van der Waals surface area (Å²) in [4.78, 5) is 14.3. The van der Waals surface area contributed by atoms with Crippen molar-refractivity contribution in [3.63, 3.8) is 0 Å². The zero-order valence-corrected chi connectivity index (χ0v) is 16.7. The zero-order chi connectivity index (χ0) is 19.4. The first-order valence-electron chi connectivity index (χ1n) is 9.32. The second-order valence-electron chi connectivity index (χ2n) is 7.18. The van der Waals surface area contributed by atoms with Crippen LogP contribution in [0, 0.1) is 13.8 Å². The summed E-state index contributed by atoms with van der Waals surface area (Å²) in [5, 5.41) is 3.54. The van der Waals surface area contributed by atoms with E-state index in [4.69, 9.17) is 4.52 Å². The summed E-state index contributed by atoms with van der Waals surface area (Å²) in [6, 6.07) is 9.26. The highest BCUT2D eigenvalue weighted by Gasteiger charge is 2.31. The Morgan fingerprint density at radius 3 is 2.44 bits per heavy atom. The molecule has 146 valence electrons. The number of carbonyl (C=O) groups excluding carboxylic acids is 1. The minimum absolute atomic E-state index is 0.0638. The minimum Gasteiger partial charge on any atom is -0.361 e. The average Bonchev–Trinajstić information content (AvgIpc) is 2.98. The maximum atomic E-state index is 12.7. The molecule has 3 rings (SSSR count). The lowest BCUT2D eigenvalue weighted by molar-refractivity contribution is -0.132. The highest BCUT2D eigenvalue weighted by Crippen LogP contribution is 2.23. The molecule has 1 aliphatic rings. The van der Waals surface area contributed by atoms with Gasteiger partial charge in [0.05, 0.1) is 16.7 Å². The van der Waals surface area contributed by atoms with E-state index >= 15 is 0 Å². The topological polar surface area (TPSA) is 80.5 Å². The third-order valence-electron chi connectivity index (χ3n) is 5.28. The van der Waals surface area contributed by atoms with Crippen LogP contribution in [0.1, 0.15) is 41.8 Å². The molecule has 0 spiro atoms. The third kappa shape index (κ3) is 4.77. The summed E-state index contributed by atoms with van der Waals surface area (Å²) in [5.41, 5.74) is 2.63. The smallest absolute Gasteiger partial charge is 0.222 e. The lowest BCUT2D eigenvalue weighted by atomic mass is 10.1. The molecule has 0 N–H and O–H groups in total. The quantitative estimate of drug-likeness (QED) is 0.758. The molecular formula is C20H26N2O4S. The number of aromatic nitrogens is 1. The van der Waals surface area contributed by atoms with Crippen molar-refractivity contribution in [1.29, 1.82) is 0 Å². The van der Waals surface area contributed by atoms with Crippen LogP contribution in [0.15, 0.2) is 34.9 Å². The standard InChI is InChI=1S/C20H26N2O4S/c1-15-19(16(2)26-21-15)8-9-20(23)22-12-10-18(11-13-22)27(24,25)14-17-6-4-3-5-7-17/h3-7,18H,8-14H2,1-2H3. The number of hydrogen-bond donors (Lipinski definition) is 0. The fourth-order valence-corrected chi connectivity index (χ4v) is 5.46. The fourth-order valence-electron chi connectivity index (χ4n) is 3.64. The number of piperidine rings is 1. The number of sulfone groups is 1. The van der Waals surface area contributed by atoms with Gasteiger partial charge in [0.15, 0.2) is 9.84 Å². The van der Waals surface area contributed by atoms with Gasteiger partial charge in [0.1, 0.15) is 5.76 Å². The van der Waals surface area contributed by atoms with E-state index in [-0.39, 0.29) is 16.9 Å². The van der Waals surface area contributed by atoms with E-state index in [1.807, 2.05) is 44.2 Å². The maximum Gasteiger partial charge on any atom is 0.222 e. The van der Waals surface area contributed by atoms with Gasteiger partial charge in [-0.15, -0.1) is 0 Å². The van der Waals surface area contributed by atoms with Crippen molar-refractivity contribution in [3.8, 4) is 0 Å². The van der Waals surface area contributed by atoms with Gasteiger partial charge in [-0.25, -0.2) is 8.42 Å². The van der Waals surface area contributed by atoms with E-state index in [1.54, 1.807) is 4.90 Å². The Morgan fingerprint density at radius 1 is 1.19 bits per heavy atom. The molecule has 1 aromatic heterocycles. The van der Waals surface area contributed by atoms with Crippen molar-refractivity contribution in [2.75, 3.05) is 13.1 Å². The second kappa shape index (κ2) is 8.25. The molecule has 1 amide bonds. The van der Waals surface area contributed by atoms with Crippen molar-refractivity contribution in [3.05, 3.63) is 52.9 Å². The predicted molar refractivity (Wildman–Crippen MR) is 103 cm³/mol. The van der Waals surface area contributed by atoms with E-state index < -0.39 is 9.84 Å². The SMILES string of the molecule is Cc1noc(C)c1CCC(=O)N1CCC(S(=O)(=O)Cc2ccccc2)CC1. The van der Waals surface area contributed by atoms with E-state index in [2.05, 4.69) is 5.16 Å². The van der Waals surface area contributed by atoms with Crippen molar-refractivity contribution in [1.82, 2.24) is 10.1 Å². The third-order valence-corrected chi connectivity index (χ3v) is 7.51. The number of aryl methyl sites for hydroxylation is 2. The predicted octanol–water partition coefficient (Wildman–Crippen LogP) is 2.83. The molecule has 1 aromatic carbocycles. The Hall–Kier alpha value is -2.15. The highest BCUT2D eigenvalue weighted by molar-refractivity contribution is 7.91. The van der Waals surface area contributed by atoms with E-state index in [0.717, 1.165) is 22.6 Å². The first-order chi connectivity index (χ1) is 12.9. The lowest BCUT2D eigenvalue weighted by Crippen LogP contribution is -2.42. The van der Waals surface area contributed by atoms with Gasteiger partial charge in [-0.05, 0) is 38.7 Å². The van der Waals surface area contributed by atoms with Crippen LogP contribution < -0.4 is 0 Å². The van der Waals surface area contributed by atoms with Gasteiger partial charge >= 0.3 is 0 Å². The molecule has 0 bridgehead atoms. The Morgan fingerprint density at radius 2 is 1.85 bits per heavy atom. The molecular weight excluding hydrogens is 364 g/mol. The summed E-state index contributed by atoms with van der Waals surface area (Å²) in [5.74, 6) is 0.887. The summed E-state index contributed by atoms with van der Waals surface area (Å²) in [6.07, 6.45) is 2.01. The molecule has 27 heavy (non-hydrogen) atoms. The van der Waals surface area contributed by atoms with Crippen LogP contribution in [0.5, 0.6) is 0 Å². The van der Waals surface area contributed by atoms with Crippen LogP contribution in [0.2, 0.25) is 0 Å². The molecule has 0 atom stereocenters. The van der Waals surface area contributed by atoms with Crippen LogP contribution in [0.25, 0.3) is 0 Å². The molecule has 2 heterocycles. The summed E-state index contributed by atoms with van der Waals surface area (Å²) in [6.45, 7) is 4.72. The Kier molecular flexibility index (Phi) is 5.99. The number of rotatable bonds is 6. The molecule has 0 radical (unpaired) electrons. The van der Waals surface area contributed by atoms with Crippen molar-refractivity contribution in [2.45, 2.75) is 50.5 Å². The average molecular weight is 391 g/mol. The molecule has 1 aliphatic heterocycles. The minimum atomic E-state index is -3.20. The summed E-state index contributed by atoms with van der Waals surface area (Å²) < 4.78 is 30.5. The molecule has 2 aromatic rings. The van der Waals surface area contributed by atoms with Crippen molar-refractivity contribution < 1.29 is 17.7 Å². The summed E-state index contributed by atoms with van der Waals surface area (Å²) in [7, 11) is -3.20. The van der Waals surface area contributed by atoms with Gasteiger partial charge in [0, 0.05) is 25.1 Å².